The Morgan fingerprint density at radius 3 is 2.31 bits per heavy atom. The highest BCUT2D eigenvalue weighted by Gasteiger charge is 2.16. The molecule has 3 rings (SSSR count). The lowest BCUT2D eigenvalue weighted by Crippen LogP contribution is -2.40. The van der Waals surface area contributed by atoms with E-state index in [4.69, 9.17) is 15.3 Å². The summed E-state index contributed by atoms with van der Waals surface area (Å²) in [6.45, 7) is 0.256. The Balaban J connectivity index is 1.72. The van der Waals surface area contributed by atoms with E-state index in [1.54, 1.807) is 48.5 Å². The third-order valence-corrected chi connectivity index (χ3v) is 4.35. The van der Waals surface area contributed by atoms with Crippen molar-refractivity contribution in [2.45, 2.75) is 12.5 Å². The average Bonchev–Trinajstić information content (AvgIpc) is 2.78. The van der Waals surface area contributed by atoms with Crippen LogP contribution in [0.2, 0.25) is 0 Å². The van der Waals surface area contributed by atoms with Crippen LogP contribution < -0.4 is 10.1 Å². The van der Waals surface area contributed by atoms with E-state index in [1.807, 2.05) is 36.4 Å². The van der Waals surface area contributed by atoms with Crippen molar-refractivity contribution in [1.29, 1.82) is 10.5 Å². The minimum Gasteiger partial charge on any atom is -0.491 e. The summed E-state index contributed by atoms with van der Waals surface area (Å²) in [5.41, 5.74) is 2.58. The van der Waals surface area contributed by atoms with Gasteiger partial charge in [-0.3, -0.25) is 4.79 Å². The number of hydrogen-bond donors (Lipinski definition) is 1. The van der Waals surface area contributed by atoms with Gasteiger partial charge in [-0.05, 0) is 54.4 Å². The molecule has 142 valence electrons. The Morgan fingerprint density at radius 1 is 0.897 bits per heavy atom. The average molecular weight is 381 g/mol. The van der Waals surface area contributed by atoms with E-state index >= 15 is 0 Å². The molecule has 1 unspecified atom stereocenters. The van der Waals surface area contributed by atoms with Crippen LogP contribution >= 0.6 is 0 Å². The van der Waals surface area contributed by atoms with Crippen molar-refractivity contribution < 1.29 is 9.53 Å². The number of amides is 1. The number of nitrogens with zero attached hydrogens (tertiary/aromatic N) is 2. The molecule has 3 aromatic rings. The van der Waals surface area contributed by atoms with E-state index in [0.717, 1.165) is 5.56 Å². The standard InChI is InChI=1S/C24H19N3O2/c25-15-19-9-11-21(12-10-19)24(28)27-22(13-18-5-2-1-3-6-18)17-29-23-8-4-7-20(14-23)16-26/h1-12,14,22H,13,17H2,(H,27,28). The first-order chi connectivity index (χ1) is 14.2. The fraction of sp³-hybridized carbons (Fsp3) is 0.125. The van der Waals surface area contributed by atoms with E-state index < -0.39 is 0 Å². The summed E-state index contributed by atoms with van der Waals surface area (Å²) >= 11 is 0. The summed E-state index contributed by atoms with van der Waals surface area (Å²) in [6, 6.07) is 27.1. The first kappa shape index (κ1) is 19.7. The summed E-state index contributed by atoms with van der Waals surface area (Å²) in [7, 11) is 0. The van der Waals surface area contributed by atoms with Gasteiger partial charge in [0.15, 0.2) is 0 Å². The highest BCUT2D eigenvalue weighted by atomic mass is 16.5. The fourth-order valence-electron chi connectivity index (χ4n) is 2.87. The molecule has 5 nitrogen and oxygen atoms in total. The second-order valence-electron chi connectivity index (χ2n) is 6.50. The maximum absolute atomic E-state index is 12.7. The number of ether oxygens (including phenoxy) is 1. The minimum absolute atomic E-state index is 0.232. The number of nitrogens with one attached hydrogen (secondary N) is 1. The van der Waals surface area contributed by atoms with Crippen LogP contribution in [0.1, 0.15) is 27.0 Å². The van der Waals surface area contributed by atoms with E-state index in [-0.39, 0.29) is 18.6 Å². The molecule has 0 saturated carbocycles. The molecule has 3 aromatic carbocycles. The first-order valence-electron chi connectivity index (χ1n) is 9.16. The Hall–Kier alpha value is -4.09. The fourth-order valence-corrected chi connectivity index (χ4v) is 2.87. The summed E-state index contributed by atoms with van der Waals surface area (Å²) in [6.07, 6.45) is 0.598. The molecule has 5 heteroatoms. The molecule has 0 aliphatic heterocycles. The Kier molecular flexibility index (Phi) is 6.60. The van der Waals surface area contributed by atoms with E-state index in [9.17, 15) is 4.79 Å². The van der Waals surface area contributed by atoms with Gasteiger partial charge in [0.1, 0.15) is 12.4 Å². The summed E-state index contributed by atoms with van der Waals surface area (Å²) < 4.78 is 5.85. The van der Waals surface area contributed by atoms with Crippen LogP contribution in [0.3, 0.4) is 0 Å². The lowest BCUT2D eigenvalue weighted by atomic mass is 10.1. The van der Waals surface area contributed by atoms with Crippen LogP contribution in [0.5, 0.6) is 5.75 Å². The van der Waals surface area contributed by atoms with Crippen molar-refractivity contribution in [3.63, 3.8) is 0 Å². The van der Waals surface area contributed by atoms with Gasteiger partial charge in [-0.2, -0.15) is 10.5 Å². The molecule has 0 saturated heterocycles. The van der Waals surface area contributed by atoms with Crippen molar-refractivity contribution in [3.05, 3.63) is 101 Å². The van der Waals surface area contributed by atoms with E-state index in [0.29, 0.717) is 28.9 Å². The van der Waals surface area contributed by atoms with Crippen molar-refractivity contribution in [1.82, 2.24) is 5.32 Å². The lowest BCUT2D eigenvalue weighted by Gasteiger charge is -2.20. The molecule has 1 amide bonds. The first-order valence-corrected chi connectivity index (χ1v) is 9.16. The molecule has 0 radical (unpaired) electrons. The quantitative estimate of drug-likeness (QED) is 0.673. The van der Waals surface area contributed by atoms with Gasteiger partial charge in [0.2, 0.25) is 0 Å². The highest BCUT2D eigenvalue weighted by molar-refractivity contribution is 5.94. The number of carbonyl (C=O) groups is 1. The molecular weight excluding hydrogens is 362 g/mol. The van der Waals surface area contributed by atoms with Crippen molar-refractivity contribution in [2.75, 3.05) is 6.61 Å². The smallest absolute Gasteiger partial charge is 0.251 e. The van der Waals surface area contributed by atoms with Crippen LogP contribution in [-0.2, 0) is 6.42 Å². The van der Waals surface area contributed by atoms with Crippen molar-refractivity contribution in [3.8, 4) is 17.9 Å². The third-order valence-electron chi connectivity index (χ3n) is 4.35. The van der Waals surface area contributed by atoms with Gasteiger partial charge in [-0.25, -0.2) is 0 Å². The van der Waals surface area contributed by atoms with Crippen molar-refractivity contribution in [2.24, 2.45) is 0 Å². The molecule has 0 fully saturated rings. The highest BCUT2D eigenvalue weighted by Crippen LogP contribution is 2.14. The van der Waals surface area contributed by atoms with Gasteiger partial charge in [-0.1, -0.05) is 36.4 Å². The number of rotatable bonds is 7. The van der Waals surface area contributed by atoms with Crippen LogP contribution in [0, 0.1) is 22.7 Å². The third kappa shape index (κ3) is 5.69. The van der Waals surface area contributed by atoms with Gasteiger partial charge in [0, 0.05) is 5.56 Å². The summed E-state index contributed by atoms with van der Waals surface area (Å²) in [5, 5.41) is 20.9. The number of hydrogen-bond acceptors (Lipinski definition) is 4. The van der Waals surface area contributed by atoms with Crippen LogP contribution in [-0.4, -0.2) is 18.6 Å². The molecule has 1 N–H and O–H groups in total. The Bertz CT molecular complexity index is 1050. The van der Waals surface area contributed by atoms with Gasteiger partial charge < -0.3 is 10.1 Å². The van der Waals surface area contributed by atoms with Crippen LogP contribution in [0.4, 0.5) is 0 Å². The summed E-state index contributed by atoms with van der Waals surface area (Å²) in [4.78, 5) is 12.7. The number of nitriles is 2. The minimum atomic E-state index is -0.272. The van der Waals surface area contributed by atoms with Crippen LogP contribution in [0.25, 0.3) is 0 Å². The molecular formula is C24H19N3O2. The predicted octanol–water partition coefficient (Wildman–Crippen LogP) is 3.85. The molecule has 0 aliphatic carbocycles. The van der Waals surface area contributed by atoms with Crippen LogP contribution in [0.15, 0.2) is 78.9 Å². The molecule has 0 spiro atoms. The normalized spacial score (nSPS) is 11.0. The second kappa shape index (κ2) is 9.73. The molecule has 0 heterocycles. The molecule has 0 bridgehead atoms. The van der Waals surface area contributed by atoms with Gasteiger partial charge in [-0.15, -0.1) is 0 Å². The zero-order valence-corrected chi connectivity index (χ0v) is 15.7. The SMILES string of the molecule is N#Cc1ccc(C(=O)NC(COc2cccc(C#N)c2)Cc2ccccc2)cc1. The Labute approximate surface area is 169 Å². The zero-order chi connectivity index (χ0) is 20.5. The number of carbonyl (C=O) groups excluding carboxylic acids is 1. The maximum Gasteiger partial charge on any atom is 0.251 e. The van der Waals surface area contributed by atoms with Crippen molar-refractivity contribution >= 4 is 5.91 Å². The molecule has 29 heavy (non-hydrogen) atoms. The van der Waals surface area contributed by atoms with E-state index in [1.165, 1.54) is 0 Å². The lowest BCUT2D eigenvalue weighted by molar-refractivity contribution is 0.0921. The molecule has 1 atom stereocenters. The van der Waals surface area contributed by atoms with Gasteiger partial charge >= 0.3 is 0 Å². The zero-order valence-electron chi connectivity index (χ0n) is 15.7. The molecule has 0 aliphatic rings. The Morgan fingerprint density at radius 2 is 1.62 bits per heavy atom. The second-order valence-corrected chi connectivity index (χ2v) is 6.50. The number of benzene rings is 3. The van der Waals surface area contributed by atoms with Gasteiger partial charge in [0.05, 0.1) is 29.3 Å². The van der Waals surface area contributed by atoms with E-state index in [2.05, 4.69) is 11.4 Å². The summed E-state index contributed by atoms with van der Waals surface area (Å²) in [5.74, 6) is 0.347. The predicted molar refractivity (Wildman–Crippen MR) is 109 cm³/mol. The topological polar surface area (TPSA) is 85.9 Å². The maximum atomic E-state index is 12.7. The monoisotopic (exact) mass is 381 g/mol. The van der Waals surface area contributed by atoms with Gasteiger partial charge in [0.25, 0.3) is 5.91 Å². The molecule has 0 aromatic heterocycles. The largest absolute Gasteiger partial charge is 0.491 e.